The molecule has 3 aromatic rings. The van der Waals surface area contributed by atoms with Gasteiger partial charge in [-0.2, -0.15) is 0 Å². The summed E-state index contributed by atoms with van der Waals surface area (Å²) in [7, 11) is 0. The van der Waals surface area contributed by atoms with Gasteiger partial charge in [0.25, 0.3) is 5.91 Å². The third kappa shape index (κ3) is 3.39. The molecule has 2 aromatic heterocycles. The lowest BCUT2D eigenvalue weighted by atomic mass is 10.1. The Bertz CT molecular complexity index is 975. The third-order valence-corrected chi connectivity index (χ3v) is 5.23. The van der Waals surface area contributed by atoms with Gasteiger partial charge < -0.3 is 18.6 Å². The third-order valence-electron chi connectivity index (χ3n) is 5.23. The number of carbonyl (C=O) groups is 1. The first-order valence-corrected chi connectivity index (χ1v) is 9.51. The maximum atomic E-state index is 13.3. The van der Waals surface area contributed by atoms with Crippen molar-refractivity contribution in [3.8, 4) is 0 Å². The highest BCUT2D eigenvalue weighted by Crippen LogP contribution is 2.27. The number of amides is 1. The van der Waals surface area contributed by atoms with Crippen molar-refractivity contribution in [1.29, 1.82) is 0 Å². The van der Waals surface area contributed by atoms with Crippen LogP contribution in [0.15, 0.2) is 40.8 Å². The highest BCUT2D eigenvalue weighted by atomic mass is 16.5. The Balaban J connectivity index is 1.75. The van der Waals surface area contributed by atoms with Crippen LogP contribution in [0.2, 0.25) is 0 Å². The number of hydrogen-bond acceptors (Lipinski definition) is 3. The zero-order valence-electron chi connectivity index (χ0n) is 16.4. The summed E-state index contributed by atoms with van der Waals surface area (Å²) in [5.41, 5.74) is 4.82. The number of fused-ring (bicyclic) bond motifs is 1. The van der Waals surface area contributed by atoms with Crippen LogP contribution in [0.1, 0.15) is 41.2 Å². The second kappa shape index (κ2) is 6.89. The molecule has 1 aliphatic rings. The number of aryl methyl sites for hydroxylation is 2. The molecule has 0 bridgehead atoms. The van der Waals surface area contributed by atoms with Crippen LogP contribution in [0.3, 0.4) is 0 Å². The quantitative estimate of drug-likeness (QED) is 0.700. The topological polar surface area (TPSA) is 47.6 Å². The molecule has 2 unspecified atom stereocenters. The van der Waals surface area contributed by atoms with E-state index in [1.54, 1.807) is 0 Å². The van der Waals surface area contributed by atoms with Crippen LogP contribution >= 0.6 is 0 Å². The summed E-state index contributed by atoms with van der Waals surface area (Å²) in [6.45, 7) is 9.92. The van der Waals surface area contributed by atoms with Gasteiger partial charge in [0.15, 0.2) is 5.58 Å². The van der Waals surface area contributed by atoms with Crippen LogP contribution < -0.4 is 0 Å². The van der Waals surface area contributed by atoms with E-state index in [0.717, 1.165) is 16.9 Å². The van der Waals surface area contributed by atoms with E-state index < -0.39 is 0 Å². The van der Waals surface area contributed by atoms with Crippen molar-refractivity contribution >= 4 is 17.0 Å². The van der Waals surface area contributed by atoms with Gasteiger partial charge in [-0.15, -0.1) is 0 Å². The number of ether oxygens (including phenoxy) is 1. The highest BCUT2D eigenvalue weighted by Gasteiger charge is 2.29. The van der Waals surface area contributed by atoms with Crippen LogP contribution in [0.4, 0.5) is 0 Å². The van der Waals surface area contributed by atoms with Crippen LogP contribution in [0.25, 0.3) is 11.1 Å². The molecule has 3 heterocycles. The molecular weight excluding hydrogens is 340 g/mol. The van der Waals surface area contributed by atoms with Gasteiger partial charge in [-0.05, 0) is 38.8 Å². The molecular formula is C22H26N2O3. The molecule has 27 heavy (non-hydrogen) atoms. The van der Waals surface area contributed by atoms with Gasteiger partial charge in [0, 0.05) is 31.8 Å². The minimum absolute atomic E-state index is 0.0367. The molecule has 5 nitrogen and oxygen atoms in total. The summed E-state index contributed by atoms with van der Waals surface area (Å²) in [5.74, 6) is 0.890. The minimum Gasteiger partial charge on any atom is -0.460 e. The van der Waals surface area contributed by atoms with Crippen LogP contribution in [-0.2, 0) is 11.3 Å². The van der Waals surface area contributed by atoms with E-state index in [1.165, 1.54) is 11.1 Å². The SMILES string of the molecule is Cc1cc2c(cc(C(=O)N3CC(C)OC(C)C3)n2Cc2ccccc2C)o1. The molecule has 0 aliphatic carbocycles. The Kier molecular flexibility index (Phi) is 4.56. The molecule has 1 amide bonds. The van der Waals surface area contributed by atoms with Crippen molar-refractivity contribution in [3.05, 3.63) is 59.0 Å². The second-order valence-electron chi connectivity index (χ2n) is 7.62. The monoisotopic (exact) mass is 366 g/mol. The first-order valence-electron chi connectivity index (χ1n) is 9.51. The van der Waals surface area contributed by atoms with Gasteiger partial charge in [0.1, 0.15) is 11.5 Å². The van der Waals surface area contributed by atoms with Gasteiger partial charge in [0.2, 0.25) is 0 Å². The number of rotatable bonds is 3. The standard InChI is InChI=1S/C22H26N2O3/c1-14-7-5-6-8-18(14)13-24-19-9-15(2)27-21(19)10-20(24)22(25)23-11-16(3)26-17(4)12-23/h5-10,16-17H,11-13H2,1-4H3. The number of morpholine rings is 1. The Morgan fingerprint density at radius 3 is 2.52 bits per heavy atom. The van der Waals surface area contributed by atoms with Crippen molar-refractivity contribution < 1.29 is 13.9 Å². The normalized spacial score (nSPS) is 20.4. The molecule has 142 valence electrons. The van der Waals surface area contributed by atoms with Gasteiger partial charge in [-0.1, -0.05) is 24.3 Å². The summed E-state index contributed by atoms with van der Waals surface area (Å²) in [6.07, 6.45) is 0.0884. The maximum Gasteiger partial charge on any atom is 0.270 e. The predicted octanol–water partition coefficient (Wildman–Crippen LogP) is 4.15. The first kappa shape index (κ1) is 17.9. The highest BCUT2D eigenvalue weighted by molar-refractivity contribution is 5.97. The van der Waals surface area contributed by atoms with E-state index in [2.05, 4.69) is 23.6 Å². The van der Waals surface area contributed by atoms with Gasteiger partial charge in [-0.3, -0.25) is 4.79 Å². The Morgan fingerprint density at radius 1 is 1.11 bits per heavy atom. The van der Waals surface area contributed by atoms with E-state index in [9.17, 15) is 4.79 Å². The number of furan rings is 1. The van der Waals surface area contributed by atoms with E-state index in [-0.39, 0.29) is 18.1 Å². The number of benzene rings is 1. The molecule has 0 radical (unpaired) electrons. The zero-order valence-corrected chi connectivity index (χ0v) is 16.4. The average molecular weight is 366 g/mol. The molecule has 0 N–H and O–H groups in total. The lowest BCUT2D eigenvalue weighted by Gasteiger charge is -2.35. The number of hydrogen-bond donors (Lipinski definition) is 0. The molecule has 4 rings (SSSR count). The Morgan fingerprint density at radius 2 is 1.81 bits per heavy atom. The number of aromatic nitrogens is 1. The minimum atomic E-state index is 0.0367. The van der Waals surface area contributed by atoms with Crippen LogP contribution in [0, 0.1) is 13.8 Å². The van der Waals surface area contributed by atoms with Gasteiger partial charge in [-0.25, -0.2) is 0 Å². The van der Waals surface area contributed by atoms with Crippen molar-refractivity contribution in [2.45, 2.75) is 46.4 Å². The smallest absolute Gasteiger partial charge is 0.270 e. The fraction of sp³-hybridized carbons (Fsp3) is 0.409. The lowest BCUT2D eigenvalue weighted by molar-refractivity contribution is -0.0588. The summed E-state index contributed by atoms with van der Waals surface area (Å²) in [5, 5.41) is 0. The van der Waals surface area contributed by atoms with E-state index in [1.807, 2.05) is 49.9 Å². The number of nitrogens with zero attached hydrogens (tertiary/aromatic N) is 2. The average Bonchev–Trinajstić information content (AvgIpc) is 3.12. The molecule has 1 aromatic carbocycles. The van der Waals surface area contributed by atoms with Crippen molar-refractivity contribution in [3.63, 3.8) is 0 Å². The lowest BCUT2D eigenvalue weighted by Crippen LogP contribution is -2.48. The summed E-state index contributed by atoms with van der Waals surface area (Å²) in [6, 6.07) is 12.2. The molecule has 2 atom stereocenters. The largest absolute Gasteiger partial charge is 0.460 e. The van der Waals surface area contributed by atoms with E-state index in [0.29, 0.717) is 25.3 Å². The van der Waals surface area contributed by atoms with Crippen LogP contribution in [-0.4, -0.2) is 40.7 Å². The van der Waals surface area contributed by atoms with Gasteiger partial charge in [0.05, 0.1) is 17.7 Å². The fourth-order valence-electron chi connectivity index (χ4n) is 3.98. The number of carbonyl (C=O) groups excluding carboxylic acids is 1. The van der Waals surface area contributed by atoms with Gasteiger partial charge >= 0.3 is 0 Å². The molecule has 1 fully saturated rings. The Labute approximate surface area is 159 Å². The first-order chi connectivity index (χ1) is 12.9. The van der Waals surface area contributed by atoms with Crippen molar-refractivity contribution in [2.75, 3.05) is 13.1 Å². The van der Waals surface area contributed by atoms with E-state index >= 15 is 0 Å². The van der Waals surface area contributed by atoms with Crippen molar-refractivity contribution in [1.82, 2.24) is 9.47 Å². The van der Waals surface area contributed by atoms with E-state index in [4.69, 9.17) is 9.15 Å². The fourth-order valence-corrected chi connectivity index (χ4v) is 3.98. The van der Waals surface area contributed by atoms with Crippen molar-refractivity contribution in [2.24, 2.45) is 0 Å². The van der Waals surface area contributed by atoms with Crippen LogP contribution in [0.5, 0.6) is 0 Å². The summed E-state index contributed by atoms with van der Waals surface area (Å²) < 4.78 is 13.7. The maximum absolute atomic E-state index is 13.3. The molecule has 0 saturated carbocycles. The predicted molar refractivity (Wildman–Crippen MR) is 105 cm³/mol. The molecule has 5 heteroatoms. The Hall–Kier alpha value is -2.53. The summed E-state index contributed by atoms with van der Waals surface area (Å²) in [4.78, 5) is 15.2. The molecule has 0 spiro atoms. The second-order valence-corrected chi connectivity index (χ2v) is 7.62. The summed E-state index contributed by atoms with van der Waals surface area (Å²) >= 11 is 0. The molecule has 1 saturated heterocycles. The molecule has 1 aliphatic heterocycles. The zero-order chi connectivity index (χ0) is 19.1.